The van der Waals surface area contributed by atoms with E-state index < -0.39 is 5.97 Å². The molecule has 1 amide bonds. The summed E-state index contributed by atoms with van der Waals surface area (Å²) in [5.74, 6) is -0.799. The highest BCUT2D eigenvalue weighted by atomic mass is 32.1. The summed E-state index contributed by atoms with van der Waals surface area (Å²) in [5, 5.41) is 12.3. The molecule has 4 rings (SSSR count). The number of nitrogens with zero attached hydrogens (tertiary/aromatic N) is 2. The number of furan rings is 1. The number of hydrogen-bond acceptors (Lipinski definition) is 6. The molecule has 9 heteroatoms. The van der Waals surface area contributed by atoms with E-state index in [-0.39, 0.29) is 23.8 Å². The predicted molar refractivity (Wildman–Crippen MR) is 117 cm³/mol. The number of carbonyl (C=O) groups is 2. The average Bonchev–Trinajstić information content (AvgIpc) is 3.35. The Kier molecular flexibility index (Phi) is 5.43. The summed E-state index contributed by atoms with van der Waals surface area (Å²) in [4.78, 5) is 42.7. The lowest BCUT2D eigenvalue weighted by molar-refractivity contribution is 0.0660. The van der Waals surface area contributed by atoms with Crippen molar-refractivity contribution < 1.29 is 19.1 Å². The van der Waals surface area contributed by atoms with Gasteiger partial charge in [-0.3, -0.25) is 14.2 Å². The second-order valence-corrected chi connectivity index (χ2v) is 7.90. The van der Waals surface area contributed by atoms with Gasteiger partial charge in [-0.15, -0.1) is 11.3 Å². The third-order valence-electron chi connectivity index (χ3n) is 4.87. The van der Waals surface area contributed by atoms with E-state index in [1.54, 1.807) is 19.1 Å². The Morgan fingerprint density at radius 2 is 1.94 bits per heavy atom. The fourth-order valence-corrected chi connectivity index (χ4v) is 4.44. The number of carboxylic acid groups (broad SMARTS) is 1. The maximum absolute atomic E-state index is 13.3. The third kappa shape index (κ3) is 3.87. The van der Waals surface area contributed by atoms with Crippen LogP contribution in [0.4, 0.5) is 5.69 Å². The van der Waals surface area contributed by atoms with Crippen LogP contribution in [-0.2, 0) is 13.0 Å². The molecule has 0 aliphatic carbocycles. The number of fused-ring (bicyclic) bond motifs is 1. The lowest BCUT2D eigenvalue weighted by Gasteiger charge is -2.10. The maximum Gasteiger partial charge on any atom is 0.371 e. The molecule has 0 aliphatic rings. The summed E-state index contributed by atoms with van der Waals surface area (Å²) in [6, 6.07) is 12.0. The molecule has 0 unspecified atom stereocenters. The predicted octanol–water partition coefficient (Wildman–Crippen LogP) is 3.92. The van der Waals surface area contributed by atoms with Crippen LogP contribution in [0.15, 0.2) is 51.7 Å². The molecule has 0 radical (unpaired) electrons. The van der Waals surface area contributed by atoms with Gasteiger partial charge in [0.1, 0.15) is 16.4 Å². The molecule has 2 N–H and O–H groups in total. The van der Waals surface area contributed by atoms with Gasteiger partial charge >= 0.3 is 5.97 Å². The fraction of sp³-hybridized carbons (Fsp3) is 0.182. The number of aromatic nitrogens is 2. The van der Waals surface area contributed by atoms with Gasteiger partial charge < -0.3 is 14.8 Å². The normalized spacial score (nSPS) is 11.0. The Hall–Kier alpha value is -3.72. The first-order valence-corrected chi connectivity index (χ1v) is 10.4. The number of amides is 1. The van der Waals surface area contributed by atoms with Crippen LogP contribution in [0.3, 0.4) is 0 Å². The standard InChI is InChI=1S/C22H19N3O5S/c1-3-16-24-20-17(21(27)25(16)11-14-9-10-15(30-14)22(28)29)12(2)18(31-20)19(26)23-13-7-5-4-6-8-13/h4-10H,3,11H2,1-2H3,(H,23,26)(H,28,29). The Morgan fingerprint density at radius 1 is 1.19 bits per heavy atom. The topological polar surface area (TPSA) is 114 Å². The van der Waals surface area contributed by atoms with Crippen LogP contribution in [0.5, 0.6) is 0 Å². The second kappa shape index (κ2) is 8.19. The van der Waals surface area contributed by atoms with Gasteiger partial charge in [-0.1, -0.05) is 25.1 Å². The van der Waals surface area contributed by atoms with E-state index in [1.807, 2.05) is 25.1 Å². The minimum Gasteiger partial charge on any atom is -0.475 e. The van der Waals surface area contributed by atoms with Crippen LogP contribution in [0.1, 0.15) is 44.3 Å². The van der Waals surface area contributed by atoms with E-state index in [1.165, 1.54) is 28.0 Å². The van der Waals surface area contributed by atoms with Crippen molar-refractivity contribution in [2.75, 3.05) is 5.32 Å². The van der Waals surface area contributed by atoms with Gasteiger partial charge in [0.15, 0.2) is 0 Å². The van der Waals surface area contributed by atoms with Crippen molar-refractivity contribution in [3.63, 3.8) is 0 Å². The molecule has 0 spiro atoms. The molecule has 1 aromatic carbocycles. The quantitative estimate of drug-likeness (QED) is 0.473. The zero-order valence-corrected chi connectivity index (χ0v) is 17.7. The van der Waals surface area contributed by atoms with Gasteiger partial charge in [-0.2, -0.15) is 0 Å². The largest absolute Gasteiger partial charge is 0.475 e. The van der Waals surface area contributed by atoms with Gasteiger partial charge in [0.2, 0.25) is 5.76 Å². The van der Waals surface area contributed by atoms with Crippen molar-refractivity contribution in [2.45, 2.75) is 26.8 Å². The van der Waals surface area contributed by atoms with Crippen molar-refractivity contribution >= 4 is 39.1 Å². The van der Waals surface area contributed by atoms with E-state index in [9.17, 15) is 14.4 Å². The summed E-state index contributed by atoms with van der Waals surface area (Å²) in [6.07, 6.45) is 0.486. The molecular weight excluding hydrogens is 418 g/mol. The smallest absolute Gasteiger partial charge is 0.371 e. The van der Waals surface area contributed by atoms with Crippen molar-refractivity contribution in [1.82, 2.24) is 9.55 Å². The zero-order valence-electron chi connectivity index (χ0n) is 16.8. The van der Waals surface area contributed by atoms with Crippen molar-refractivity contribution in [2.24, 2.45) is 0 Å². The number of para-hydroxylation sites is 1. The number of carbonyl (C=O) groups excluding carboxylic acids is 1. The molecule has 0 aliphatic heterocycles. The number of rotatable bonds is 6. The first-order valence-electron chi connectivity index (χ1n) is 9.60. The molecule has 4 aromatic rings. The summed E-state index contributed by atoms with van der Waals surface area (Å²) >= 11 is 1.18. The molecule has 31 heavy (non-hydrogen) atoms. The van der Waals surface area contributed by atoms with Gasteiger partial charge in [-0.25, -0.2) is 9.78 Å². The van der Waals surface area contributed by atoms with Gasteiger partial charge in [-0.05, 0) is 36.8 Å². The molecule has 8 nitrogen and oxygen atoms in total. The number of thiophene rings is 1. The Balaban J connectivity index is 1.76. The van der Waals surface area contributed by atoms with Gasteiger partial charge in [0, 0.05) is 12.1 Å². The Bertz CT molecular complexity index is 1350. The molecule has 3 aromatic heterocycles. The molecule has 158 valence electrons. The zero-order chi connectivity index (χ0) is 22.1. The minimum atomic E-state index is -1.18. The van der Waals surface area contributed by atoms with Crippen LogP contribution in [-0.4, -0.2) is 26.5 Å². The van der Waals surface area contributed by atoms with Gasteiger partial charge in [0.25, 0.3) is 11.5 Å². The molecule has 0 fully saturated rings. The van der Waals surface area contributed by atoms with Crippen molar-refractivity contribution in [3.8, 4) is 0 Å². The third-order valence-corrected chi connectivity index (χ3v) is 6.05. The highest BCUT2D eigenvalue weighted by Crippen LogP contribution is 2.28. The number of anilines is 1. The molecule has 0 saturated carbocycles. The number of aryl methyl sites for hydroxylation is 2. The van der Waals surface area contributed by atoms with Crippen LogP contribution >= 0.6 is 11.3 Å². The average molecular weight is 437 g/mol. The number of nitrogens with one attached hydrogen (secondary N) is 1. The maximum atomic E-state index is 13.3. The molecule has 3 heterocycles. The first-order chi connectivity index (χ1) is 14.9. The van der Waals surface area contributed by atoms with E-state index in [4.69, 9.17) is 9.52 Å². The first kappa shape index (κ1) is 20.5. The summed E-state index contributed by atoms with van der Waals surface area (Å²) in [6.45, 7) is 3.66. The van der Waals surface area contributed by atoms with E-state index in [0.29, 0.717) is 44.4 Å². The lowest BCUT2D eigenvalue weighted by Crippen LogP contribution is -2.25. The van der Waals surface area contributed by atoms with Gasteiger partial charge in [0.05, 0.1) is 16.8 Å². The molecule has 0 bridgehead atoms. The van der Waals surface area contributed by atoms with Crippen LogP contribution < -0.4 is 10.9 Å². The Labute approximate surface area is 180 Å². The minimum absolute atomic E-state index is 0.0546. The van der Waals surface area contributed by atoms with Crippen LogP contribution in [0, 0.1) is 6.92 Å². The van der Waals surface area contributed by atoms with E-state index in [0.717, 1.165) is 0 Å². The molecule has 0 atom stereocenters. The number of carboxylic acids is 1. The summed E-state index contributed by atoms with van der Waals surface area (Å²) < 4.78 is 6.77. The van der Waals surface area contributed by atoms with Crippen LogP contribution in [0.2, 0.25) is 0 Å². The second-order valence-electron chi connectivity index (χ2n) is 6.90. The SMILES string of the molecule is CCc1nc2sc(C(=O)Nc3ccccc3)c(C)c2c(=O)n1Cc1ccc(C(=O)O)o1. The monoisotopic (exact) mass is 437 g/mol. The number of hydrogen-bond donors (Lipinski definition) is 2. The van der Waals surface area contributed by atoms with E-state index in [2.05, 4.69) is 10.3 Å². The van der Waals surface area contributed by atoms with Crippen molar-refractivity contribution in [1.29, 1.82) is 0 Å². The summed E-state index contributed by atoms with van der Waals surface area (Å²) in [7, 11) is 0. The Morgan fingerprint density at radius 3 is 2.58 bits per heavy atom. The number of benzene rings is 1. The fourth-order valence-electron chi connectivity index (χ4n) is 3.35. The van der Waals surface area contributed by atoms with Crippen LogP contribution in [0.25, 0.3) is 10.2 Å². The molecular formula is C22H19N3O5S. The highest BCUT2D eigenvalue weighted by Gasteiger charge is 2.22. The lowest BCUT2D eigenvalue weighted by atomic mass is 10.2. The number of aromatic carboxylic acids is 1. The van der Waals surface area contributed by atoms with Crippen molar-refractivity contribution in [3.05, 3.63) is 80.6 Å². The highest BCUT2D eigenvalue weighted by molar-refractivity contribution is 7.20. The molecule has 0 saturated heterocycles. The summed E-state index contributed by atoms with van der Waals surface area (Å²) in [5.41, 5.74) is 0.937. The van der Waals surface area contributed by atoms with E-state index >= 15 is 0 Å².